The van der Waals surface area contributed by atoms with Crippen LogP contribution in [0, 0.1) is 5.92 Å². The molecule has 2 N–H and O–H groups in total. The van der Waals surface area contributed by atoms with Crippen LogP contribution in [-0.2, 0) is 9.47 Å². The van der Waals surface area contributed by atoms with E-state index in [-0.39, 0.29) is 11.7 Å². The normalized spacial score (nSPS) is 26.2. The number of hydrogen-bond acceptors (Lipinski definition) is 3. The first-order chi connectivity index (χ1) is 10.1. The Bertz CT molecular complexity index is 365. The van der Waals surface area contributed by atoms with Gasteiger partial charge < -0.3 is 15.2 Å². The van der Waals surface area contributed by atoms with Crippen molar-refractivity contribution < 1.29 is 9.47 Å². The molecule has 0 heterocycles. The van der Waals surface area contributed by atoms with Crippen molar-refractivity contribution in [2.24, 2.45) is 11.7 Å². The SMILES string of the molecule is CCC(C)(CN)OC1C=CC=C(OCC2CCCCC2)C1. The van der Waals surface area contributed by atoms with Gasteiger partial charge in [-0.15, -0.1) is 0 Å². The molecule has 120 valence electrons. The van der Waals surface area contributed by atoms with E-state index in [1.54, 1.807) is 0 Å². The van der Waals surface area contributed by atoms with Crippen LogP contribution in [0.5, 0.6) is 0 Å². The zero-order chi connectivity index (χ0) is 15.1. The van der Waals surface area contributed by atoms with Crippen molar-refractivity contribution in [2.75, 3.05) is 13.2 Å². The molecular formula is C18H31NO2. The number of hydrogen-bond donors (Lipinski definition) is 1. The molecule has 0 aliphatic heterocycles. The molecule has 2 rings (SSSR count). The van der Waals surface area contributed by atoms with Crippen molar-refractivity contribution in [3.8, 4) is 0 Å². The maximum absolute atomic E-state index is 6.17. The molecule has 2 atom stereocenters. The summed E-state index contributed by atoms with van der Waals surface area (Å²) in [5.41, 5.74) is 5.60. The van der Waals surface area contributed by atoms with Gasteiger partial charge in [0.25, 0.3) is 0 Å². The summed E-state index contributed by atoms with van der Waals surface area (Å²) in [5, 5.41) is 0. The Hall–Kier alpha value is -0.800. The Labute approximate surface area is 129 Å². The van der Waals surface area contributed by atoms with Crippen LogP contribution in [0.15, 0.2) is 24.0 Å². The van der Waals surface area contributed by atoms with Gasteiger partial charge in [0.2, 0.25) is 0 Å². The molecule has 0 aromatic heterocycles. The van der Waals surface area contributed by atoms with E-state index in [0.717, 1.165) is 31.1 Å². The number of rotatable bonds is 7. The molecule has 1 saturated carbocycles. The first-order valence-electron chi connectivity index (χ1n) is 8.53. The van der Waals surface area contributed by atoms with Gasteiger partial charge in [-0.05, 0) is 38.2 Å². The van der Waals surface area contributed by atoms with Crippen molar-refractivity contribution in [1.29, 1.82) is 0 Å². The van der Waals surface area contributed by atoms with Crippen molar-refractivity contribution >= 4 is 0 Å². The highest BCUT2D eigenvalue weighted by Crippen LogP contribution is 2.27. The second-order valence-electron chi connectivity index (χ2n) is 6.70. The summed E-state index contributed by atoms with van der Waals surface area (Å²) < 4.78 is 12.2. The second-order valence-corrected chi connectivity index (χ2v) is 6.70. The van der Waals surface area contributed by atoms with Crippen LogP contribution in [0.1, 0.15) is 58.8 Å². The van der Waals surface area contributed by atoms with Crippen LogP contribution >= 0.6 is 0 Å². The lowest BCUT2D eigenvalue weighted by Crippen LogP contribution is -2.40. The summed E-state index contributed by atoms with van der Waals surface area (Å²) in [6.07, 6.45) is 14.9. The molecule has 0 aromatic rings. The lowest BCUT2D eigenvalue weighted by molar-refractivity contribution is -0.0642. The van der Waals surface area contributed by atoms with Gasteiger partial charge >= 0.3 is 0 Å². The maximum Gasteiger partial charge on any atom is 0.0988 e. The summed E-state index contributed by atoms with van der Waals surface area (Å²) in [6.45, 7) is 5.63. The number of allylic oxidation sites excluding steroid dienone is 2. The highest BCUT2D eigenvalue weighted by Gasteiger charge is 2.26. The van der Waals surface area contributed by atoms with E-state index in [1.807, 2.05) is 0 Å². The van der Waals surface area contributed by atoms with Crippen molar-refractivity contribution in [3.05, 3.63) is 24.0 Å². The van der Waals surface area contributed by atoms with Gasteiger partial charge in [0.15, 0.2) is 0 Å². The zero-order valence-electron chi connectivity index (χ0n) is 13.6. The zero-order valence-corrected chi connectivity index (χ0v) is 13.6. The topological polar surface area (TPSA) is 44.5 Å². The standard InChI is InChI=1S/C18H31NO2/c1-3-18(2,14-19)21-17-11-7-10-16(12-17)20-13-15-8-5-4-6-9-15/h7,10-11,15,17H,3-6,8-9,12-14,19H2,1-2H3. The average molecular weight is 293 g/mol. The van der Waals surface area contributed by atoms with Crippen LogP contribution in [0.2, 0.25) is 0 Å². The fourth-order valence-electron chi connectivity index (χ4n) is 3.03. The summed E-state index contributed by atoms with van der Waals surface area (Å²) in [5.74, 6) is 1.80. The van der Waals surface area contributed by atoms with Crippen LogP contribution in [-0.4, -0.2) is 24.9 Å². The molecule has 3 nitrogen and oxygen atoms in total. The third kappa shape index (κ3) is 5.15. The molecule has 1 fully saturated rings. The maximum atomic E-state index is 6.17. The summed E-state index contributed by atoms with van der Waals surface area (Å²) in [4.78, 5) is 0. The smallest absolute Gasteiger partial charge is 0.0988 e. The molecule has 0 aromatic carbocycles. The summed E-state index contributed by atoms with van der Waals surface area (Å²) >= 11 is 0. The monoisotopic (exact) mass is 293 g/mol. The highest BCUT2D eigenvalue weighted by atomic mass is 16.5. The van der Waals surface area contributed by atoms with Gasteiger partial charge in [-0.3, -0.25) is 0 Å². The Morgan fingerprint density at radius 3 is 2.71 bits per heavy atom. The minimum absolute atomic E-state index is 0.0878. The molecule has 2 unspecified atom stereocenters. The molecule has 0 radical (unpaired) electrons. The second kappa shape index (κ2) is 8.00. The Morgan fingerprint density at radius 2 is 2.05 bits per heavy atom. The fourth-order valence-corrected chi connectivity index (χ4v) is 3.03. The fraction of sp³-hybridized carbons (Fsp3) is 0.778. The third-order valence-corrected chi connectivity index (χ3v) is 4.86. The molecule has 3 heteroatoms. The van der Waals surface area contributed by atoms with E-state index in [9.17, 15) is 0 Å². The van der Waals surface area contributed by atoms with Crippen molar-refractivity contribution in [2.45, 2.75) is 70.5 Å². The van der Waals surface area contributed by atoms with Crippen LogP contribution < -0.4 is 5.73 Å². The van der Waals surface area contributed by atoms with Gasteiger partial charge in [0.1, 0.15) is 0 Å². The van der Waals surface area contributed by atoms with E-state index in [1.165, 1.54) is 32.1 Å². The molecule has 2 aliphatic rings. The summed E-state index contributed by atoms with van der Waals surface area (Å²) in [6, 6.07) is 0. The molecule has 0 spiro atoms. The molecular weight excluding hydrogens is 262 g/mol. The van der Waals surface area contributed by atoms with Crippen LogP contribution in [0.4, 0.5) is 0 Å². The Morgan fingerprint density at radius 1 is 1.29 bits per heavy atom. The molecule has 21 heavy (non-hydrogen) atoms. The van der Waals surface area contributed by atoms with Gasteiger partial charge in [0, 0.05) is 13.0 Å². The number of nitrogens with two attached hydrogens (primary N) is 1. The highest BCUT2D eigenvalue weighted by molar-refractivity contribution is 5.17. The van der Waals surface area contributed by atoms with Crippen LogP contribution in [0.25, 0.3) is 0 Å². The van der Waals surface area contributed by atoms with Crippen molar-refractivity contribution in [3.63, 3.8) is 0 Å². The van der Waals surface area contributed by atoms with E-state index in [0.29, 0.717) is 6.54 Å². The predicted octanol–water partition coefficient (Wildman–Crippen LogP) is 3.94. The molecule has 0 saturated heterocycles. The number of ether oxygens (including phenoxy) is 2. The molecule has 0 amide bonds. The largest absolute Gasteiger partial charge is 0.498 e. The minimum atomic E-state index is -0.235. The average Bonchev–Trinajstić information content (AvgIpc) is 2.54. The van der Waals surface area contributed by atoms with Crippen molar-refractivity contribution in [1.82, 2.24) is 0 Å². The first kappa shape index (κ1) is 16.6. The van der Waals surface area contributed by atoms with Crippen LogP contribution in [0.3, 0.4) is 0 Å². The van der Waals surface area contributed by atoms with E-state index in [2.05, 4.69) is 32.1 Å². The molecule has 0 bridgehead atoms. The lowest BCUT2D eigenvalue weighted by atomic mass is 9.90. The Kier molecular flexibility index (Phi) is 6.31. The van der Waals surface area contributed by atoms with E-state index in [4.69, 9.17) is 15.2 Å². The van der Waals surface area contributed by atoms with Gasteiger partial charge in [0.05, 0.1) is 24.1 Å². The Balaban J connectivity index is 1.78. The summed E-state index contributed by atoms with van der Waals surface area (Å²) in [7, 11) is 0. The third-order valence-electron chi connectivity index (χ3n) is 4.86. The van der Waals surface area contributed by atoms with Gasteiger partial charge in [-0.25, -0.2) is 0 Å². The van der Waals surface area contributed by atoms with E-state index < -0.39 is 0 Å². The lowest BCUT2D eigenvalue weighted by Gasteiger charge is -2.32. The minimum Gasteiger partial charge on any atom is -0.498 e. The predicted molar refractivity (Wildman–Crippen MR) is 87.0 cm³/mol. The van der Waals surface area contributed by atoms with E-state index >= 15 is 0 Å². The first-order valence-corrected chi connectivity index (χ1v) is 8.53. The van der Waals surface area contributed by atoms with Gasteiger partial charge in [-0.1, -0.05) is 38.3 Å². The van der Waals surface area contributed by atoms with Gasteiger partial charge in [-0.2, -0.15) is 0 Å². The molecule has 2 aliphatic carbocycles. The quantitative estimate of drug-likeness (QED) is 0.773.